The van der Waals surface area contributed by atoms with E-state index in [1.54, 1.807) is 0 Å². The third-order valence-electron chi connectivity index (χ3n) is 2.81. The molecule has 6 heteroatoms. The molecule has 0 aromatic carbocycles. The molecular weight excluding hydrogens is 212 g/mol. The van der Waals surface area contributed by atoms with E-state index in [0.717, 1.165) is 4.31 Å². The molecule has 1 saturated heterocycles. The second-order valence-electron chi connectivity index (χ2n) is 3.90. The Labute approximate surface area is 82.1 Å². The molecule has 2 fully saturated rings. The molecule has 1 aliphatic carbocycles. The number of halogens is 2. The largest absolute Gasteiger partial charge is 0.254 e. The summed E-state index contributed by atoms with van der Waals surface area (Å²) in [6.45, 7) is 0.272. The molecule has 0 unspecified atom stereocenters. The van der Waals surface area contributed by atoms with E-state index in [1.807, 2.05) is 0 Å². The van der Waals surface area contributed by atoms with Gasteiger partial charge in [0.1, 0.15) is 0 Å². The van der Waals surface area contributed by atoms with Gasteiger partial charge in [-0.3, -0.25) is 0 Å². The van der Waals surface area contributed by atoms with Gasteiger partial charge in [-0.2, -0.15) is 4.31 Å². The van der Waals surface area contributed by atoms with Crippen molar-refractivity contribution in [1.29, 1.82) is 0 Å². The van der Waals surface area contributed by atoms with E-state index in [0.29, 0.717) is 25.7 Å². The van der Waals surface area contributed by atoms with Crippen molar-refractivity contribution in [2.24, 2.45) is 0 Å². The van der Waals surface area contributed by atoms with Gasteiger partial charge in [0.2, 0.25) is 10.0 Å². The maximum atomic E-state index is 12.5. The van der Waals surface area contributed by atoms with Crippen LogP contribution in [0.2, 0.25) is 0 Å². The summed E-state index contributed by atoms with van der Waals surface area (Å²) in [6, 6.07) is -1.07. The minimum atomic E-state index is -3.41. The first-order valence-electron chi connectivity index (χ1n) is 4.82. The second kappa shape index (κ2) is 3.41. The molecule has 3 nitrogen and oxygen atoms in total. The minimum Gasteiger partial charge on any atom is -0.212 e. The van der Waals surface area contributed by atoms with Gasteiger partial charge in [0.15, 0.2) is 0 Å². The topological polar surface area (TPSA) is 37.4 Å². The average molecular weight is 225 g/mol. The molecule has 0 spiro atoms. The molecule has 0 aromatic heterocycles. The minimum absolute atomic E-state index is 0.272. The van der Waals surface area contributed by atoms with Crippen LogP contribution in [0, 0.1) is 0 Å². The lowest BCUT2D eigenvalue weighted by molar-refractivity contribution is 0.0784. The first-order valence-corrected chi connectivity index (χ1v) is 6.32. The summed E-state index contributed by atoms with van der Waals surface area (Å²) < 4.78 is 49.4. The number of nitrogens with zero attached hydrogens (tertiary/aromatic N) is 1. The van der Waals surface area contributed by atoms with Crippen molar-refractivity contribution in [2.45, 2.75) is 43.4 Å². The Morgan fingerprint density at radius 1 is 1.21 bits per heavy atom. The smallest absolute Gasteiger partial charge is 0.212 e. The van der Waals surface area contributed by atoms with E-state index in [4.69, 9.17) is 0 Å². The fourth-order valence-corrected chi connectivity index (χ4v) is 3.96. The molecule has 1 atom stereocenters. The van der Waals surface area contributed by atoms with Crippen LogP contribution in [-0.2, 0) is 10.0 Å². The summed E-state index contributed by atoms with van der Waals surface area (Å²) in [5.74, 6) is 0. The van der Waals surface area contributed by atoms with E-state index in [9.17, 15) is 17.2 Å². The van der Waals surface area contributed by atoms with Crippen molar-refractivity contribution in [3.63, 3.8) is 0 Å². The third-order valence-corrected chi connectivity index (χ3v) is 5.23. The monoisotopic (exact) mass is 225 g/mol. The zero-order chi connectivity index (χ0) is 10.3. The summed E-state index contributed by atoms with van der Waals surface area (Å²) in [4.78, 5) is 0. The molecule has 82 valence electrons. The van der Waals surface area contributed by atoms with E-state index >= 15 is 0 Å². The van der Waals surface area contributed by atoms with Gasteiger partial charge in [-0.1, -0.05) is 0 Å². The maximum absolute atomic E-state index is 12.5. The van der Waals surface area contributed by atoms with Gasteiger partial charge in [0.05, 0.1) is 11.3 Å². The highest BCUT2D eigenvalue weighted by Crippen LogP contribution is 2.36. The number of alkyl halides is 2. The van der Waals surface area contributed by atoms with Crippen LogP contribution in [-0.4, -0.2) is 37.0 Å². The zero-order valence-electron chi connectivity index (χ0n) is 7.70. The maximum Gasteiger partial charge on any atom is 0.254 e. The van der Waals surface area contributed by atoms with Crippen LogP contribution < -0.4 is 0 Å². The van der Waals surface area contributed by atoms with Gasteiger partial charge in [0, 0.05) is 6.54 Å². The molecule has 0 aromatic rings. The Hall–Kier alpha value is -0.230. The quantitative estimate of drug-likeness (QED) is 0.724. The average Bonchev–Trinajstić information content (AvgIpc) is 2.82. The predicted octanol–water partition coefficient (Wildman–Crippen LogP) is 1.21. The van der Waals surface area contributed by atoms with Crippen LogP contribution in [0.1, 0.15) is 25.7 Å². The van der Waals surface area contributed by atoms with Gasteiger partial charge in [-0.25, -0.2) is 17.2 Å². The number of rotatable bonds is 3. The van der Waals surface area contributed by atoms with Crippen molar-refractivity contribution >= 4 is 10.0 Å². The van der Waals surface area contributed by atoms with Crippen molar-refractivity contribution in [1.82, 2.24) is 4.31 Å². The van der Waals surface area contributed by atoms with Crippen molar-refractivity contribution in [3.8, 4) is 0 Å². The SMILES string of the molecule is O=S(=O)(C1CC1)N1CCC[C@@H]1C(F)F. The standard InChI is InChI=1S/C8H13F2NO2S/c9-8(10)7-2-1-5-11(7)14(12,13)6-3-4-6/h6-8H,1-5H2/t7-/m1/s1. The van der Waals surface area contributed by atoms with Crippen LogP contribution in [0.3, 0.4) is 0 Å². The molecule has 0 radical (unpaired) electrons. The Morgan fingerprint density at radius 3 is 2.36 bits per heavy atom. The number of hydrogen-bond donors (Lipinski definition) is 0. The molecule has 0 N–H and O–H groups in total. The molecular formula is C8H13F2NO2S. The first kappa shape index (κ1) is 10.3. The summed E-state index contributed by atoms with van der Waals surface area (Å²) in [7, 11) is -3.41. The molecule has 2 aliphatic rings. The predicted molar refractivity (Wildman–Crippen MR) is 47.7 cm³/mol. The summed E-state index contributed by atoms with van der Waals surface area (Å²) >= 11 is 0. The van der Waals surface area contributed by atoms with Gasteiger partial charge >= 0.3 is 0 Å². The van der Waals surface area contributed by atoms with E-state index in [2.05, 4.69) is 0 Å². The number of sulfonamides is 1. The summed E-state index contributed by atoms with van der Waals surface area (Å²) in [5, 5.41) is -0.373. The van der Waals surface area contributed by atoms with E-state index < -0.39 is 22.5 Å². The highest BCUT2D eigenvalue weighted by atomic mass is 32.2. The summed E-state index contributed by atoms with van der Waals surface area (Å²) in [5.41, 5.74) is 0. The molecule has 1 saturated carbocycles. The zero-order valence-corrected chi connectivity index (χ0v) is 8.51. The summed E-state index contributed by atoms with van der Waals surface area (Å²) in [6.07, 6.45) is -0.431. The molecule has 1 heterocycles. The van der Waals surface area contributed by atoms with Crippen molar-refractivity contribution in [3.05, 3.63) is 0 Å². The third kappa shape index (κ3) is 1.65. The van der Waals surface area contributed by atoms with Crippen LogP contribution >= 0.6 is 0 Å². The van der Waals surface area contributed by atoms with Crippen LogP contribution in [0.5, 0.6) is 0 Å². The molecule has 0 amide bonds. The normalized spacial score (nSPS) is 30.1. The fourth-order valence-electron chi connectivity index (χ4n) is 1.89. The lowest BCUT2D eigenvalue weighted by atomic mass is 10.2. The van der Waals surface area contributed by atoms with Gasteiger partial charge in [-0.15, -0.1) is 0 Å². The second-order valence-corrected chi connectivity index (χ2v) is 6.06. The molecule has 1 aliphatic heterocycles. The molecule has 14 heavy (non-hydrogen) atoms. The Bertz CT molecular complexity index is 313. The highest BCUT2D eigenvalue weighted by molar-refractivity contribution is 7.90. The fraction of sp³-hybridized carbons (Fsp3) is 1.00. The van der Waals surface area contributed by atoms with Crippen LogP contribution in [0.15, 0.2) is 0 Å². The molecule has 0 bridgehead atoms. The first-order chi connectivity index (χ1) is 6.53. The van der Waals surface area contributed by atoms with Gasteiger partial charge in [-0.05, 0) is 25.7 Å². The Morgan fingerprint density at radius 2 is 1.86 bits per heavy atom. The van der Waals surface area contributed by atoms with Crippen LogP contribution in [0.25, 0.3) is 0 Å². The lowest BCUT2D eigenvalue weighted by Crippen LogP contribution is -2.41. The van der Waals surface area contributed by atoms with Crippen molar-refractivity contribution in [2.75, 3.05) is 6.54 Å². The Balaban J connectivity index is 2.16. The Kier molecular flexibility index (Phi) is 2.51. The van der Waals surface area contributed by atoms with E-state index in [-0.39, 0.29) is 11.8 Å². The van der Waals surface area contributed by atoms with Crippen LogP contribution in [0.4, 0.5) is 8.78 Å². The molecule has 2 rings (SSSR count). The van der Waals surface area contributed by atoms with Gasteiger partial charge < -0.3 is 0 Å². The van der Waals surface area contributed by atoms with Gasteiger partial charge in [0.25, 0.3) is 6.43 Å². The van der Waals surface area contributed by atoms with E-state index in [1.165, 1.54) is 0 Å². The van der Waals surface area contributed by atoms with Crippen molar-refractivity contribution < 1.29 is 17.2 Å². The number of hydrogen-bond acceptors (Lipinski definition) is 2. The lowest BCUT2D eigenvalue weighted by Gasteiger charge is -2.23. The highest BCUT2D eigenvalue weighted by Gasteiger charge is 2.46.